The largest absolute Gasteiger partial charge is 0.313 e. The maximum atomic E-state index is 11.8. The predicted octanol–water partition coefficient (Wildman–Crippen LogP) is 2.65. The fraction of sp³-hybridized carbons (Fsp3) is 0. The molecule has 2 aromatic heterocycles. The van der Waals surface area contributed by atoms with Crippen molar-refractivity contribution >= 4 is 22.2 Å². The molecule has 0 saturated carbocycles. The van der Waals surface area contributed by atoms with E-state index >= 15 is 0 Å². The number of thiophene rings is 1. The molecule has 78 valence electrons. The van der Waals surface area contributed by atoms with E-state index in [-0.39, 0.29) is 5.56 Å². The first kappa shape index (κ1) is 9.30. The molecule has 0 aliphatic rings. The van der Waals surface area contributed by atoms with Crippen molar-refractivity contribution in [3.05, 3.63) is 51.7 Å². The van der Waals surface area contributed by atoms with Crippen molar-refractivity contribution in [2.75, 3.05) is 0 Å². The van der Waals surface area contributed by atoms with Crippen LogP contribution < -0.4 is 5.56 Å². The van der Waals surface area contributed by atoms with Crippen molar-refractivity contribution in [3.63, 3.8) is 0 Å². The summed E-state index contributed by atoms with van der Waals surface area (Å²) in [4.78, 5) is 18.6. The highest BCUT2D eigenvalue weighted by atomic mass is 32.1. The lowest BCUT2D eigenvalue weighted by atomic mass is 10.0. The number of hydrogen-bond donors (Lipinski definition) is 1. The summed E-state index contributed by atoms with van der Waals surface area (Å²) >= 11 is 1.62. The number of nitrogens with one attached hydrogen (secondary N) is 1. The van der Waals surface area contributed by atoms with Crippen molar-refractivity contribution in [3.8, 4) is 11.1 Å². The average Bonchev–Trinajstić information content (AvgIpc) is 2.82. The van der Waals surface area contributed by atoms with Crippen LogP contribution in [-0.2, 0) is 0 Å². The normalized spacial score (nSPS) is 10.8. The van der Waals surface area contributed by atoms with Gasteiger partial charge in [0.15, 0.2) is 0 Å². The first-order valence-electron chi connectivity index (χ1n) is 4.85. The second-order valence-electron chi connectivity index (χ2n) is 3.44. The number of nitrogens with zero attached hydrogens (tertiary/aromatic N) is 1. The van der Waals surface area contributed by atoms with E-state index in [0.29, 0.717) is 5.39 Å². The molecular weight excluding hydrogens is 220 g/mol. The fourth-order valence-corrected chi connectivity index (χ4v) is 2.43. The van der Waals surface area contributed by atoms with Gasteiger partial charge in [-0.25, -0.2) is 4.98 Å². The summed E-state index contributed by atoms with van der Waals surface area (Å²) in [6.45, 7) is 0. The number of benzene rings is 1. The van der Waals surface area contributed by atoms with Crippen LogP contribution in [0.3, 0.4) is 0 Å². The molecule has 1 aromatic carbocycles. The van der Waals surface area contributed by atoms with Crippen LogP contribution >= 0.6 is 11.3 Å². The van der Waals surface area contributed by atoms with Crippen molar-refractivity contribution in [1.29, 1.82) is 0 Å². The van der Waals surface area contributed by atoms with Gasteiger partial charge in [-0.2, -0.15) is 11.3 Å². The first-order chi connectivity index (χ1) is 7.86. The van der Waals surface area contributed by atoms with E-state index in [1.54, 1.807) is 11.3 Å². The molecule has 0 unspecified atom stereocenters. The Hall–Kier alpha value is -1.94. The third-order valence-electron chi connectivity index (χ3n) is 2.50. The molecule has 0 atom stereocenters. The molecule has 1 N–H and O–H groups in total. The molecule has 0 amide bonds. The summed E-state index contributed by atoms with van der Waals surface area (Å²) in [5.74, 6) is 0. The molecular formula is C12H8N2OS. The Bertz CT molecular complexity index is 680. The van der Waals surface area contributed by atoms with Gasteiger partial charge in [-0.3, -0.25) is 4.79 Å². The fourth-order valence-electron chi connectivity index (χ4n) is 1.78. The molecule has 0 aliphatic heterocycles. The zero-order valence-electron chi connectivity index (χ0n) is 8.31. The lowest BCUT2D eigenvalue weighted by molar-refractivity contribution is 1.17. The molecule has 16 heavy (non-hydrogen) atoms. The van der Waals surface area contributed by atoms with Crippen molar-refractivity contribution in [1.82, 2.24) is 9.97 Å². The third kappa shape index (κ3) is 1.35. The molecule has 2 heterocycles. The van der Waals surface area contributed by atoms with Gasteiger partial charge in [0.1, 0.15) is 0 Å². The lowest BCUT2D eigenvalue weighted by Gasteiger charge is -2.02. The topological polar surface area (TPSA) is 45.8 Å². The standard InChI is InChI=1S/C12H8N2OS/c15-12-11-9(8-4-5-16-6-8)2-1-3-10(11)13-7-14-12/h1-7H,(H,13,14,15). The van der Waals surface area contributed by atoms with E-state index in [4.69, 9.17) is 0 Å². The molecule has 0 aliphatic carbocycles. The molecule has 3 aromatic rings. The zero-order valence-corrected chi connectivity index (χ0v) is 9.12. The van der Waals surface area contributed by atoms with Crippen LogP contribution in [0.25, 0.3) is 22.0 Å². The Labute approximate surface area is 95.4 Å². The zero-order chi connectivity index (χ0) is 11.0. The van der Waals surface area contributed by atoms with Gasteiger partial charge in [-0.15, -0.1) is 0 Å². The Balaban J connectivity index is 2.46. The van der Waals surface area contributed by atoms with Crippen LogP contribution in [-0.4, -0.2) is 9.97 Å². The van der Waals surface area contributed by atoms with Crippen LogP contribution in [0.4, 0.5) is 0 Å². The molecule has 0 saturated heterocycles. The summed E-state index contributed by atoms with van der Waals surface area (Å²) in [6.07, 6.45) is 1.43. The molecule has 3 nitrogen and oxygen atoms in total. The highest BCUT2D eigenvalue weighted by Gasteiger charge is 2.07. The lowest BCUT2D eigenvalue weighted by Crippen LogP contribution is -2.07. The summed E-state index contributed by atoms with van der Waals surface area (Å²) in [7, 11) is 0. The molecule has 0 spiro atoms. The molecule has 0 fully saturated rings. The second-order valence-corrected chi connectivity index (χ2v) is 4.22. The Morgan fingerprint density at radius 3 is 3.00 bits per heavy atom. The monoisotopic (exact) mass is 228 g/mol. The minimum absolute atomic E-state index is 0.0909. The van der Waals surface area contributed by atoms with E-state index in [0.717, 1.165) is 16.6 Å². The van der Waals surface area contributed by atoms with Gasteiger partial charge < -0.3 is 4.98 Å². The van der Waals surface area contributed by atoms with Crippen LogP contribution in [0.5, 0.6) is 0 Å². The van der Waals surface area contributed by atoms with Crippen molar-refractivity contribution in [2.24, 2.45) is 0 Å². The highest BCUT2D eigenvalue weighted by molar-refractivity contribution is 7.08. The summed E-state index contributed by atoms with van der Waals surface area (Å²) in [6, 6.07) is 7.72. The van der Waals surface area contributed by atoms with Crippen molar-refractivity contribution in [2.45, 2.75) is 0 Å². The number of fused-ring (bicyclic) bond motifs is 1. The van der Waals surface area contributed by atoms with Gasteiger partial charge in [0.2, 0.25) is 0 Å². The van der Waals surface area contributed by atoms with Gasteiger partial charge >= 0.3 is 0 Å². The van der Waals surface area contributed by atoms with Crippen LogP contribution in [0.2, 0.25) is 0 Å². The summed E-state index contributed by atoms with van der Waals surface area (Å²) in [5, 5.41) is 4.68. The van der Waals surface area contributed by atoms with Gasteiger partial charge in [0.05, 0.1) is 17.2 Å². The van der Waals surface area contributed by atoms with Gasteiger partial charge in [0, 0.05) is 0 Å². The van der Waals surface area contributed by atoms with Crippen LogP contribution in [0, 0.1) is 0 Å². The minimum Gasteiger partial charge on any atom is -0.313 e. The quantitative estimate of drug-likeness (QED) is 0.696. The smallest absolute Gasteiger partial charge is 0.259 e. The maximum Gasteiger partial charge on any atom is 0.259 e. The Morgan fingerprint density at radius 1 is 1.25 bits per heavy atom. The average molecular weight is 228 g/mol. The third-order valence-corrected chi connectivity index (χ3v) is 3.18. The Kier molecular flexibility index (Phi) is 2.08. The molecule has 0 bridgehead atoms. The van der Waals surface area contributed by atoms with Gasteiger partial charge in [-0.05, 0) is 34.0 Å². The SMILES string of the molecule is O=c1[nH]cnc2cccc(-c3ccsc3)c12. The van der Waals surface area contributed by atoms with E-state index in [1.165, 1.54) is 6.33 Å². The second kappa shape index (κ2) is 3.57. The molecule has 0 radical (unpaired) electrons. The van der Waals surface area contributed by atoms with E-state index in [1.807, 2.05) is 35.0 Å². The molecule has 4 heteroatoms. The van der Waals surface area contributed by atoms with Crippen LogP contribution in [0.1, 0.15) is 0 Å². The highest BCUT2D eigenvalue weighted by Crippen LogP contribution is 2.26. The number of H-pyrrole nitrogens is 1. The number of hydrogen-bond acceptors (Lipinski definition) is 3. The van der Waals surface area contributed by atoms with Gasteiger partial charge in [-0.1, -0.05) is 12.1 Å². The molecule has 3 rings (SSSR count). The minimum atomic E-state index is -0.0909. The van der Waals surface area contributed by atoms with Crippen LogP contribution in [0.15, 0.2) is 46.1 Å². The van der Waals surface area contributed by atoms with E-state index in [9.17, 15) is 4.79 Å². The summed E-state index contributed by atoms with van der Waals surface area (Å²) in [5.41, 5.74) is 2.64. The van der Waals surface area contributed by atoms with Gasteiger partial charge in [0.25, 0.3) is 5.56 Å². The number of rotatable bonds is 1. The summed E-state index contributed by atoms with van der Waals surface area (Å²) < 4.78 is 0. The van der Waals surface area contributed by atoms with E-state index < -0.39 is 0 Å². The maximum absolute atomic E-state index is 11.8. The number of aromatic amines is 1. The van der Waals surface area contributed by atoms with Crippen molar-refractivity contribution < 1.29 is 0 Å². The van der Waals surface area contributed by atoms with E-state index in [2.05, 4.69) is 9.97 Å². The number of aromatic nitrogens is 2. The first-order valence-corrected chi connectivity index (χ1v) is 5.79. The Morgan fingerprint density at radius 2 is 2.19 bits per heavy atom. The predicted molar refractivity (Wildman–Crippen MR) is 65.7 cm³/mol.